The van der Waals surface area contributed by atoms with Gasteiger partial charge in [-0.3, -0.25) is 4.79 Å². The number of hydrogen-bond acceptors (Lipinski definition) is 2. The molecule has 0 saturated carbocycles. The van der Waals surface area contributed by atoms with Crippen molar-refractivity contribution in [1.82, 2.24) is 9.88 Å². The number of aryl methyl sites for hydroxylation is 1. The number of nitrogens with zero attached hydrogens (tertiary/aromatic N) is 1. The topological polar surface area (TPSA) is 43.3 Å². The lowest BCUT2D eigenvalue weighted by Gasteiger charge is -2.03. The molecule has 100 valence electrons. The van der Waals surface area contributed by atoms with Crippen LogP contribution >= 0.6 is 0 Å². The summed E-state index contributed by atoms with van der Waals surface area (Å²) in [4.78, 5) is 12.1. The maximum absolute atomic E-state index is 12.1. The zero-order valence-electron chi connectivity index (χ0n) is 11.3. The Morgan fingerprint density at radius 2 is 2.32 bits per heavy atom. The van der Waals surface area contributed by atoms with Gasteiger partial charge in [0.1, 0.15) is 0 Å². The van der Waals surface area contributed by atoms with Crippen LogP contribution < -0.4 is 5.32 Å². The lowest BCUT2D eigenvalue weighted by atomic mass is 10.1. The molecule has 1 aromatic heterocycles. The number of carbonyl (C=O) groups is 1. The fourth-order valence-electron chi connectivity index (χ4n) is 2.07. The first-order valence-electron chi connectivity index (χ1n) is 6.16. The number of ether oxygens (including phenoxy) is 1. The van der Waals surface area contributed by atoms with Crippen molar-refractivity contribution in [2.45, 2.75) is 0 Å². The van der Waals surface area contributed by atoms with Gasteiger partial charge in [0.05, 0.1) is 12.2 Å². The third kappa shape index (κ3) is 2.69. The van der Waals surface area contributed by atoms with Crippen LogP contribution in [0.15, 0.2) is 31.0 Å². The molecular formula is C15H18N2O2. The van der Waals surface area contributed by atoms with Crippen molar-refractivity contribution in [2.75, 3.05) is 20.3 Å². The van der Waals surface area contributed by atoms with E-state index in [9.17, 15) is 4.79 Å². The number of fused-ring (bicyclic) bond motifs is 1. The molecule has 2 aromatic rings. The fraction of sp³-hybridized carbons (Fsp3) is 0.267. The number of rotatable bonds is 5. The lowest BCUT2D eigenvalue weighted by Crippen LogP contribution is -2.26. The third-order valence-electron chi connectivity index (χ3n) is 3.09. The van der Waals surface area contributed by atoms with Gasteiger partial charge in [0, 0.05) is 37.8 Å². The standard InChI is InChI=1S/C15H18N2O2/c1-4-11-5-6-12-13(10-17(2)14(12)9-11)15(18)16-7-8-19-3/h4-6,9-10H,1,7-8H2,2-3H3,(H,16,18). The highest BCUT2D eigenvalue weighted by Crippen LogP contribution is 2.22. The summed E-state index contributed by atoms with van der Waals surface area (Å²) in [6.45, 7) is 4.78. The van der Waals surface area contributed by atoms with Crippen LogP contribution in [0.2, 0.25) is 0 Å². The number of amides is 1. The van der Waals surface area contributed by atoms with Crippen LogP contribution in [0.25, 0.3) is 17.0 Å². The van der Waals surface area contributed by atoms with Crippen LogP contribution in [-0.2, 0) is 11.8 Å². The Kier molecular flexibility index (Phi) is 4.02. The number of nitrogens with one attached hydrogen (secondary N) is 1. The number of hydrogen-bond donors (Lipinski definition) is 1. The van der Waals surface area contributed by atoms with Crippen molar-refractivity contribution < 1.29 is 9.53 Å². The van der Waals surface area contributed by atoms with Gasteiger partial charge < -0.3 is 14.6 Å². The summed E-state index contributed by atoms with van der Waals surface area (Å²) in [5.41, 5.74) is 2.75. The smallest absolute Gasteiger partial charge is 0.253 e. The molecule has 19 heavy (non-hydrogen) atoms. The second-order valence-electron chi connectivity index (χ2n) is 4.38. The average molecular weight is 258 g/mol. The molecule has 1 heterocycles. The molecule has 0 aliphatic heterocycles. The highest BCUT2D eigenvalue weighted by molar-refractivity contribution is 6.07. The summed E-state index contributed by atoms with van der Waals surface area (Å²) >= 11 is 0. The summed E-state index contributed by atoms with van der Waals surface area (Å²) in [5, 5.41) is 3.78. The Morgan fingerprint density at radius 1 is 1.53 bits per heavy atom. The molecule has 0 radical (unpaired) electrons. The first-order valence-corrected chi connectivity index (χ1v) is 6.16. The Labute approximate surface area is 112 Å². The number of methoxy groups -OCH3 is 1. The minimum absolute atomic E-state index is 0.0750. The van der Waals surface area contributed by atoms with Crippen LogP contribution in [0.1, 0.15) is 15.9 Å². The van der Waals surface area contributed by atoms with Crippen LogP contribution in [-0.4, -0.2) is 30.7 Å². The summed E-state index contributed by atoms with van der Waals surface area (Å²) < 4.78 is 6.87. The third-order valence-corrected chi connectivity index (χ3v) is 3.09. The van der Waals surface area contributed by atoms with Gasteiger partial charge in [-0.2, -0.15) is 0 Å². The fourth-order valence-corrected chi connectivity index (χ4v) is 2.07. The van der Waals surface area contributed by atoms with Crippen molar-refractivity contribution in [3.8, 4) is 0 Å². The molecule has 0 unspecified atom stereocenters. The van der Waals surface area contributed by atoms with E-state index in [1.807, 2.05) is 36.0 Å². The molecule has 0 aliphatic carbocycles. The van der Waals surface area contributed by atoms with Crippen molar-refractivity contribution in [3.05, 3.63) is 42.1 Å². The number of aromatic nitrogens is 1. The normalized spacial score (nSPS) is 10.6. The second kappa shape index (κ2) is 5.71. The van der Waals surface area contributed by atoms with Crippen LogP contribution in [0.5, 0.6) is 0 Å². The van der Waals surface area contributed by atoms with Crippen LogP contribution in [0.3, 0.4) is 0 Å². The van der Waals surface area contributed by atoms with Gasteiger partial charge in [0.15, 0.2) is 0 Å². The van der Waals surface area contributed by atoms with Gasteiger partial charge >= 0.3 is 0 Å². The van der Waals surface area contributed by atoms with Crippen LogP contribution in [0, 0.1) is 0 Å². The maximum Gasteiger partial charge on any atom is 0.253 e. The molecule has 0 bridgehead atoms. The molecule has 2 rings (SSSR count). The maximum atomic E-state index is 12.1. The van der Waals surface area contributed by atoms with Crippen molar-refractivity contribution in [3.63, 3.8) is 0 Å². The highest BCUT2D eigenvalue weighted by atomic mass is 16.5. The Hall–Kier alpha value is -2.07. The van der Waals surface area contributed by atoms with E-state index in [4.69, 9.17) is 4.74 Å². The quantitative estimate of drug-likeness (QED) is 0.835. The van der Waals surface area contributed by atoms with Gasteiger partial charge in [-0.05, 0) is 11.6 Å². The summed E-state index contributed by atoms with van der Waals surface area (Å²) in [6.07, 6.45) is 3.64. The second-order valence-corrected chi connectivity index (χ2v) is 4.38. The van der Waals surface area contributed by atoms with E-state index in [-0.39, 0.29) is 5.91 Å². The average Bonchev–Trinajstić information content (AvgIpc) is 2.76. The zero-order valence-corrected chi connectivity index (χ0v) is 11.3. The summed E-state index contributed by atoms with van der Waals surface area (Å²) in [7, 11) is 3.54. The van der Waals surface area contributed by atoms with Crippen LogP contribution in [0.4, 0.5) is 0 Å². The molecular weight excluding hydrogens is 240 g/mol. The molecule has 4 nitrogen and oxygen atoms in total. The van der Waals surface area contributed by atoms with E-state index in [0.717, 1.165) is 16.5 Å². The minimum atomic E-state index is -0.0750. The number of carbonyl (C=O) groups excluding carboxylic acids is 1. The van der Waals surface area contributed by atoms with E-state index in [1.54, 1.807) is 13.2 Å². The van der Waals surface area contributed by atoms with E-state index < -0.39 is 0 Å². The van der Waals surface area contributed by atoms with Crippen molar-refractivity contribution in [1.29, 1.82) is 0 Å². The molecule has 0 fully saturated rings. The highest BCUT2D eigenvalue weighted by Gasteiger charge is 2.13. The van der Waals surface area contributed by atoms with Gasteiger partial charge in [-0.1, -0.05) is 24.8 Å². The van der Waals surface area contributed by atoms with E-state index in [2.05, 4.69) is 11.9 Å². The molecule has 0 spiro atoms. The van der Waals surface area contributed by atoms with Crippen molar-refractivity contribution >= 4 is 22.9 Å². The Bertz CT molecular complexity index is 614. The first-order chi connectivity index (χ1) is 9.17. The Balaban J connectivity index is 2.34. The summed E-state index contributed by atoms with van der Waals surface area (Å²) in [6, 6.07) is 5.94. The summed E-state index contributed by atoms with van der Waals surface area (Å²) in [5.74, 6) is -0.0750. The molecule has 0 aliphatic rings. The van der Waals surface area contributed by atoms with Gasteiger partial charge in [0.2, 0.25) is 0 Å². The molecule has 1 amide bonds. The molecule has 1 N–H and O–H groups in total. The van der Waals surface area contributed by atoms with Crippen molar-refractivity contribution in [2.24, 2.45) is 7.05 Å². The molecule has 0 saturated heterocycles. The minimum Gasteiger partial charge on any atom is -0.383 e. The lowest BCUT2D eigenvalue weighted by molar-refractivity contribution is 0.0938. The first kappa shape index (κ1) is 13.4. The number of benzene rings is 1. The molecule has 1 aromatic carbocycles. The zero-order chi connectivity index (χ0) is 13.8. The monoisotopic (exact) mass is 258 g/mol. The predicted octanol–water partition coefficient (Wildman–Crippen LogP) is 2.20. The molecule has 0 atom stereocenters. The predicted molar refractivity (Wildman–Crippen MR) is 77.2 cm³/mol. The van der Waals surface area contributed by atoms with E-state index >= 15 is 0 Å². The Morgan fingerprint density at radius 3 is 3.00 bits per heavy atom. The van der Waals surface area contributed by atoms with Gasteiger partial charge in [-0.25, -0.2) is 0 Å². The van der Waals surface area contributed by atoms with E-state index in [0.29, 0.717) is 18.7 Å². The SMILES string of the molecule is C=Cc1ccc2c(C(=O)NCCOC)cn(C)c2c1. The van der Waals surface area contributed by atoms with Gasteiger partial charge in [0.25, 0.3) is 5.91 Å². The molecule has 4 heteroatoms. The van der Waals surface area contributed by atoms with E-state index in [1.165, 1.54) is 0 Å². The largest absolute Gasteiger partial charge is 0.383 e. The van der Waals surface area contributed by atoms with Gasteiger partial charge in [-0.15, -0.1) is 0 Å².